The van der Waals surface area contributed by atoms with Crippen molar-refractivity contribution in [3.8, 4) is 6.07 Å². The number of carbonyl (C=O) groups excluding carboxylic acids is 1. The van der Waals surface area contributed by atoms with Crippen LogP contribution in [0, 0.1) is 11.3 Å². The zero-order valence-corrected chi connectivity index (χ0v) is 16.2. The van der Waals surface area contributed by atoms with Gasteiger partial charge in [-0.05, 0) is 35.4 Å². The van der Waals surface area contributed by atoms with Crippen LogP contribution in [0.1, 0.15) is 22.6 Å². The van der Waals surface area contributed by atoms with Gasteiger partial charge in [0.25, 0.3) is 0 Å². The Bertz CT molecular complexity index is 946. The van der Waals surface area contributed by atoms with Gasteiger partial charge in [0.05, 0.1) is 17.6 Å². The van der Waals surface area contributed by atoms with Gasteiger partial charge in [-0.2, -0.15) is 5.26 Å². The van der Waals surface area contributed by atoms with Crippen LogP contribution < -0.4 is 4.90 Å². The van der Waals surface area contributed by atoms with E-state index >= 15 is 0 Å². The van der Waals surface area contributed by atoms with Crippen molar-refractivity contribution in [3.05, 3.63) is 102 Å². The summed E-state index contributed by atoms with van der Waals surface area (Å²) in [6.45, 7) is 2.95. The largest absolute Gasteiger partial charge is 0.368 e. The predicted molar refractivity (Wildman–Crippen MR) is 115 cm³/mol. The van der Waals surface area contributed by atoms with Gasteiger partial charge in [0.2, 0.25) is 5.91 Å². The lowest BCUT2D eigenvalue weighted by Gasteiger charge is -2.37. The van der Waals surface area contributed by atoms with Gasteiger partial charge in [0.1, 0.15) is 0 Å². The maximum absolute atomic E-state index is 13.5. The summed E-state index contributed by atoms with van der Waals surface area (Å²) < 4.78 is 0. The molecule has 1 amide bonds. The molecule has 0 aromatic heterocycles. The number of hydrogen-bond acceptors (Lipinski definition) is 3. The molecule has 3 aromatic rings. The molecule has 1 saturated heterocycles. The highest BCUT2D eigenvalue weighted by Crippen LogP contribution is 2.28. The van der Waals surface area contributed by atoms with Gasteiger partial charge < -0.3 is 9.80 Å². The van der Waals surface area contributed by atoms with Crippen LogP contribution in [0.25, 0.3) is 0 Å². The SMILES string of the molecule is N#Cc1ccc(N2CCN(C(=O)C(c3ccccc3)c3ccccc3)CC2)cc1. The Morgan fingerprint density at radius 1 is 0.759 bits per heavy atom. The van der Waals surface area contributed by atoms with Crippen molar-refractivity contribution in [2.24, 2.45) is 0 Å². The van der Waals surface area contributed by atoms with Crippen LogP contribution in [0.15, 0.2) is 84.9 Å². The number of benzene rings is 3. The van der Waals surface area contributed by atoms with Crippen LogP contribution in [0.2, 0.25) is 0 Å². The van der Waals surface area contributed by atoms with E-state index in [-0.39, 0.29) is 11.8 Å². The van der Waals surface area contributed by atoms with Gasteiger partial charge in [0.15, 0.2) is 0 Å². The second-order valence-corrected chi connectivity index (χ2v) is 7.23. The fourth-order valence-electron chi connectivity index (χ4n) is 3.88. The smallest absolute Gasteiger partial charge is 0.234 e. The van der Waals surface area contributed by atoms with Crippen LogP contribution in [0.5, 0.6) is 0 Å². The summed E-state index contributed by atoms with van der Waals surface area (Å²) in [7, 11) is 0. The zero-order chi connectivity index (χ0) is 20.1. The summed E-state index contributed by atoms with van der Waals surface area (Å²) in [6.07, 6.45) is 0. The number of carbonyl (C=O) groups is 1. The summed E-state index contributed by atoms with van der Waals surface area (Å²) in [5.41, 5.74) is 3.81. The molecule has 0 atom stereocenters. The summed E-state index contributed by atoms with van der Waals surface area (Å²) in [6, 6.07) is 29.8. The van der Waals surface area contributed by atoms with Crippen LogP contribution in [0.4, 0.5) is 5.69 Å². The van der Waals surface area contributed by atoms with Gasteiger partial charge in [0, 0.05) is 31.9 Å². The Morgan fingerprint density at radius 3 is 1.76 bits per heavy atom. The Hall–Kier alpha value is -3.58. The minimum Gasteiger partial charge on any atom is -0.368 e. The van der Waals surface area contributed by atoms with Crippen molar-refractivity contribution in [2.45, 2.75) is 5.92 Å². The maximum atomic E-state index is 13.5. The average Bonchev–Trinajstić information content (AvgIpc) is 2.81. The van der Waals surface area contributed by atoms with Crippen molar-refractivity contribution in [1.82, 2.24) is 4.90 Å². The number of piperazine rings is 1. The number of hydrogen-bond donors (Lipinski definition) is 0. The molecule has 4 nitrogen and oxygen atoms in total. The molecule has 0 radical (unpaired) electrons. The number of anilines is 1. The fraction of sp³-hybridized carbons (Fsp3) is 0.200. The molecule has 0 unspecified atom stereocenters. The molecule has 4 rings (SSSR count). The van der Waals surface area contributed by atoms with Gasteiger partial charge in [-0.1, -0.05) is 60.7 Å². The molecule has 1 fully saturated rings. The zero-order valence-electron chi connectivity index (χ0n) is 16.2. The number of rotatable bonds is 4. The van der Waals surface area contributed by atoms with Gasteiger partial charge in [-0.15, -0.1) is 0 Å². The van der Waals surface area contributed by atoms with Gasteiger partial charge in [-0.25, -0.2) is 0 Å². The monoisotopic (exact) mass is 381 g/mol. The topological polar surface area (TPSA) is 47.3 Å². The molecule has 0 N–H and O–H groups in total. The van der Waals surface area contributed by atoms with Crippen LogP contribution in [-0.4, -0.2) is 37.0 Å². The minimum absolute atomic E-state index is 0.155. The Morgan fingerprint density at radius 2 is 1.28 bits per heavy atom. The highest BCUT2D eigenvalue weighted by atomic mass is 16.2. The van der Waals surface area contributed by atoms with E-state index in [4.69, 9.17) is 5.26 Å². The molecule has 0 bridgehead atoms. The average molecular weight is 381 g/mol. The summed E-state index contributed by atoms with van der Waals surface area (Å²) in [5, 5.41) is 8.97. The number of nitrogens with zero attached hydrogens (tertiary/aromatic N) is 3. The highest BCUT2D eigenvalue weighted by molar-refractivity contribution is 5.87. The lowest BCUT2D eigenvalue weighted by atomic mass is 9.90. The predicted octanol–water partition coefficient (Wildman–Crippen LogP) is 4.04. The first kappa shape index (κ1) is 18.8. The third-order valence-corrected chi connectivity index (χ3v) is 5.47. The summed E-state index contributed by atoms with van der Waals surface area (Å²) >= 11 is 0. The molecule has 1 aliphatic heterocycles. The first-order valence-electron chi connectivity index (χ1n) is 9.90. The molecule has 1 aliphatic rings. The summed E-state index contributed by atoms with van der Waals surface area (Å²) in [4.78, 5) is 17.7. The second kappa shape index (κ2) is 8.62. The van der Waals surface area contributed by atoms with Crippen molar-refractivity contribution in [3.63, 3.8) is 0 Å². The maximum Gasteiger partial charge on any atom is 0.234 e. The molecular formula is C25H23N3O. The second-order valence-electron chi connectivity index (χ2n) is 7.23. The van der Waals surface area contributed by atoms with E-state index in [0.717, 1.165) is 29.9 Å². The standard InChI is InChI=1S/C25H23N3O/c26-19-20-11-13-23(14-12-20)27-15-17-28(18-16-27)25(29)24(21-7-3-1-4-8-21)22-9-5-2-6-10-22/h1-14,24H,15-18H2. The van der Waals surface area contributed by atoms with E-state index in [2.05, 4.69) is 11.0 Å². The third-order valence-electron chi connectivity index (χ3n) is 5.47. The molecule has 29 heavy (non-hydrogen) atoms. The lowest BCUT2D eigenvalue weighted by molar-refractivity contribution is -0.132. The molecule has 3 aromatic carbocycles. The minimum atomic E-state index is -0.279. The fourth-order valence-corrected chi connectivity index (χ4v) is 3.88. The molecule has 4 heteroatoms. The van der Waals surface area contributed by atoms with Crippen molar-refractivity contribution in [1.29, 1.82) is 5.26 Å². The van der Waals surface area contributed by atoms with Crippen molar-refractivity contribution >= 4 is 11.6 Å². The van der Waals surface area contributed by atoms with E-state index in [9.17, 15) is 4.79 Å². The Labute approximate surface area is 171 Å². The molecule has 144 valence electrons. The normalized spacial score (nSPS) is 13.9. The van der Waals surface area contributed by atoms with Crippen LogP contribution >= 0.6 is 0 Å². The first-order chi connectivity index (χ1) is 14.3. The van der Waals surface area contributed by atoms with E-state index in [1.54, 1.807) is 0 Å². The summed E-state index contributed by atoms with van der Waals surface area (Å²) in [5.74, 6) is -0.124. The highest BCUT2D eigenvalue weighted by Gasteiger charge is 2.29. The Balaban J connectivity index is 1.50. The van der Waals surface area contributed by atoms with Gasteiger partial charge >= 0.3 is 0 Å². The number of amides is 1. The van der Waals surface area contributed by atoms with Crippen LogP contribution in [-0.2, 0) is 4.79 Å². The molecule has 0 aliphatic carbocycles. The third kappa shape index (κ3) is 4.14. The molecule has 0 saturated carbocycles. The van der Waals surface area contributed by atoms with Crippen molar-refractivity contribution < 1.29 is 4.79 Å². The molecular weight excluding hydrogens is 358 g/mol. The van der Waals surface area contributed by atoms with Crippen molar-refractivity contribution in [2.75, 3.05) is 31.1 Å². The van der Waals surface area contributed by atoms with Crippen LogP contribution in [0.3, 0.4) is 0 Å². The van der Waals surface area contributed by atoms with Gasteiger partial charge in [-0.3, -0.25) is 4.79 Å². The Kier molecular flexibility index (Phi) is 5.58. The molecule has 0 spiro atoms. The van der Waals surface area contributed by atoms with E-state index < -0.39 is 0 Å². The lowest BCUT2D eigenvalue weighted by Crippen LogP contribution is -2.50. The first-order valence-corrected chi connectivity index (χ1v) is 9.90. The molecule has 1 heterocycles. The number of nitriles is 1. The van der Waals surface area contributed by atoms with E-state index in [1.165, 1.54) is 0 Å². The van der Waals surface area contributed by atoms with E-state index in [0.29, 0.717) is 18.7 Å². The van der Waals surface area contributed by atoms with E-state index in [1.807, 2.05) is 89.8 Å². The quantitative estimate of drug-likeness (QED) is 0.685.